The molecule has 1 N–H and O–H groups in total. The van der Waals surface area contributed by atoms with Crippen LogP contribution in [0.25, 0.3) is 0 Å². The van der Waals surface area contributed by atoms with E-state index in [0.717, 1.165) is 18.5 Å². The Labute approximate surface area is 181 Å². The first-order valence-electron chi connectivity index (χ1n) is 9.82. The third-order valence-corrected chi connectivity index (χ3v) is 6.37. The molecule has 4 nitrogen and oxygen atoms in total. The maximum absolute atomic E-state index is 12.8. The monoisotopic (exact) mass is 416 g/mol. The normalized spacial score (nSPS) is 14.1. The quantitative estimate of drug-likeness (QED) is 0.377. The molecule has 1 heterocycles. The van der Waals surface area contributed by atoms with Crippen LogP contribution in [0.15, 0.2) is 84.0 Å². The van der Waals surface area contributed by atoms with Crippen molar-refractivity contribution >= 4 is 23.4 Å². The Morgan fingerprint density at radius 2 is 1.83 bits per heavy atom. The van der Waals surface area contributed by atoms with Gasteiger partial charge in [-0.15, -0.1) is 11.8 Å². The lowest BCUT2D eigenvalue weighted by Gasteiger charge is -2.20. The number of hydrogen-bond acceptors (Lipinski definition) is 5. The zero-order chi connectivity index (χ0) is 21.1. The molecule has 0 spiro atoms. The van der Waals surface area contributed by atoms with Gasteiger partial charge < -0.3 is 10.1 Å². The summed E-state index contributed by atoms with van der Waals surface area (Å²) in [4.78, 5) is 18.5. The molecule has 3 aromatic rings. The number of thioether (sulfide) groups is 1. The standard InChI is InChI=1S/C25H24N2O2S/c1-17(25(14-15-25)19-9-11-20(30-3)12-10-19)27-23-13-8-18(16-26-23)24(28)21-6-4-5-7-22(21)29-2/h4-13,16H,1,14-15H2,2-3H3,(H,26,27). The van der Waals surface area contributed by atoms with Crippen LogP contribution in [-0.2, 0) is 5.41 Å². The van der Waals surface area contributed by atoms with Crippen molar-refractivity contribution in [3.63, 3.8) is 0 Å². The van der Waals surface area contributed by atoms with E-state index in [1.54, 1.807) is 43.3 Å². The molecule has 0 radical (unpaired) electrons. The van der Waals surface area contributed by atoms with Gasteiger partial charge in [0.05, 0.1) is 12.7 Å². The number of pyridine rings is 1. The third-order valence-electron chi connectivity index (χ3n) is 5.63. The Balaban J connectivity index is 1.48. The first-order valence-corrected chi connectivity index (χ1v) is 11.0. The van der Waals surface area contributed by atoms with Gasteiger partial charge in [0.2, 0.25) is 0 Å². The van der Waals surface area contributed by atoms with E-state index < -0.39 is 0 Å². The summed E-state index contributed by atoms with van der Waals surface area (Å²) in [6.45, 7) is 4.29. The third kappa shape index (κ3) is 3.85. The lowest BCUT2D eigenvalue weighted by atomic mass is 9.93. The molecular formula is C25H24N2O2S. The van der Waals surface area contributed by atoms with E-state index in [1.807, 2.05) is 18.2 Å². The number of hydrogen-bond donors (Lipinski definition) is 1. The smallest absolute Gasteiger partial charge is 0.198 e. The Bertz CT molecular complexity index is 1070. The number of nitrogens with one attached hydrogen (secondary N) is 1. The molecule has 0 unspecified atom stereocenters. The molecule has 0 atom stereocenters. The predicted octanol–water partition coefficient (Wildman–Crippen LogP) is 5.70. The van der Waals surface area contributed by atoms with Crippen LogP contribution in [0, 0.1) is 0 Å². The highest BCUT2D eigenvalue weighted by molar-refractivity contribution is 7.98. The number of aromatic nitrogens is 1. The van der Waals surface area contributed by atoms with Crippen LogP contribution < -0.4 is 10.1 Å². The number of para-hydroxylation sites is 1. The number of allylic oxidation sites excluding steroid dienone is 1. The van der Waals surface area contributed by atoms with Gasteiger partial charge in [-0.25, -0.2) is 4.98 Å². The fourth-order valence-corrected chi connectivity index (χ4v) is 4.07. The molecule has 1 aromatic heterocycles. The molecule has 1 saturated carbocycles. The Morgan fingerprint density at radius 1 is 1.10 bits per heavy atom. The van der Waals surface area contributed by atoms with Gasteiger partial charge in [0, 0.05) is 27.8 Å². The maximum atomic E-state index is 12.8. The van der Waals surface area contributed by atoms with Gasteiger partial charge in [0.1, 0.15) is 11.6 Å². The predicted molar refractivity (Wildman–Crippen MR) is 123 cm³/mol. The molecule has 0 aliphatic heterocycles. The second-order valence-electron chi connectivity index (χ2n) is 7.38. The number of ether oxygens (including phenoxy) is 1. The molecule has 5 heteroatoms. The van der Waals surface area contributed by atoms with Crippen LogP contribution >= 0.6 is 11.8 Å². The molecular weight excluding hydrogens is 392 g/mol. The van der Waals surface area contributed by atoms with Crippen molar-refractivity contribution in [2.45, 2.75) is 23.2 Å². The summed E-state index contributed by atoms with van der Waals surface area (Å²) in [7, 11) is 1.56. The number of benzene rings is 2. The summed E-state index contributed by atoms with van der Waals surface area (Å²) in [5.41, 5.74) is 3.23. The highest BCUT2D eigenvalue weighted by Gasteiger charge is 2.47. The van der Waals surface area contributed by atoms with Crippen molar-refractivity contribution in [2.75, 3.05) is 18.7 Å². The number of carbonyl (C=O) groups excluding carboxylic acids is 1. The van der Waals surface area contributed by atoms with E-state index in [2.05, 4.69) is 47.4 Å². The molecule has 152 valence electrons. The van der Waals surface area contributed by atoms with Gasteiger partial charge in [-0.2, -0.15) is 0 Å². The minimum Gasteiger partial charge on any atom is -0.496 e. The van der Waals surface area contributed by atoms with Gasteiger partial charge in [0.15, 0.2) is 5.78 Å². The van der Waals surface area contributed by atoms with Crippen LogP contribution in [0.2, 0.25) is 0 Å². The SMILES string of the molecule is C=C(Nc1ccc(C(=O)c2ccccc2OC)cn1)C1(c2ccc(SC)cc2)CC1. The highest BCUT2D eigenvalue weighted by Crippen LogP contribution is 2.53. The highest BCUT2D eigenvalue weighted by atomic mass is 32.2. The topological polar surface area (TPSA) is 51.2 Å². The fourth-order valence-electron chi connectivity index (χ4n) is 3.66. The number of anilines is 1. The van der Waals surface area contributed by atoms with Crippen molar-refractivity contribution in [3.8, 4) is 5.75 Å². The lowest BCUT2D eigenvalue weighted by molar-refractivity contribution is 0.103. The van der Waals surface area contributed by atoms with E-state index in [-0.39, 0.29) is 11.2 Å². The second-order valence-corrected chi connectivity index (χ2v) is 8.26. The molecule has 1 fully saturated rings. The van der Waals surface area contributed by atoms with Crippen molar-refractivity contribution in [1.82, 2.24) is 4.98 Å². The van der Waals surface area contributed by atoms with Crippen molar-refractivity contribution in [3.05, 3.63) is 95.8 Å². The van der Waals surface area contributed by atoms with Crippen molar-refractivity contribution in [2.24, 2.45) is 0 Å². The largest absolute Gasteiger partial charge is 0.496 e. The van der Waals surface area contributed by atoms with Crippen LogP contribution in [0.4, 0.5) is 5.82 Å². The minimum atomic E-state index is -0.113. The molecule has 4 rings (SSSR count). The van der Waals surface area contributed by atoms with Gasteiger partial charge in [0.25, 0.3) is 0 Å². The molecule has 2 aromatic carbocycles. The molecule has 1 aliphatic carbocycles. The fraction of sp³-hybridized carbons (Fsp3) is 0.200. The zero-order valence-corrected chi connectivity index (χ0v) is 18.0. The van der Waals surface area contributed by atoms with Crippen LogP contribution in [0.5, 0.6) is 5.75 Å². The maximum Gasteiger partial charge on any atom is 0.198 e. The number of nitrogens with zero attached hydrogens (tertiary/aromatic N) is 1. The summed E-state index contributed by atoms with van der Waals surface area (Å²) in [5, 5.41) is 3.35. The number of ketones is 1. The molecule has 0 saturated heterocycles. The lowest BCUT2D eigenvalue weighted by Crippen LogP contribution is -2.17. The van der Waals surface area contributed by atoms with Gasteiger partial charge >= 0.3 is 0 Å². The molecule has 0 bridgehead atoms. The summed E-state index contributed by atoms with van der Waals surface area (Å²) in [6, 6.07) is 19.5. The summed E-state index contributed by atoms with van der Waals surface area (Å²) in [6.07, 6.45) is 5.82. The molecule has 1 aliphatic rings. The molecule has 30 heavy (non-hydrogen) atoms. The van der Waals surface area contributed by atoms with Crippen LogP contribution in [0.3, 0.4) is 0 Å². The second kappa shape index (κ2) is 8.36. The van der Waals surface area contributed by atoms with E-state index in [1.165, 1.54) is 10.5 Å². The van der Waals surface area contributed by atoms with E-state index in [9.17, 15) is 4.79 Å². The summed E-state index contributed by atoms with van der Waals surface area (Å²) < 4.78 is 5.30. The van der Waals surface area contributed by atoms with Crippen LogP contribution in [0.1, 0.15) is 34.3 Å². The minimum absolute atomic E-state index is 0.0372. The summed E-state index contributed by atoms with van der Waals surface area (Å²) >= 11 is 1.74. The van der Waals surface area contributed by atoms with Crippen LogP contribution in [-0.4, -0.2) is 24.1 Å². The van der Waals surface area contributed by atoms with E-state index in [4.69, 9.17) is 4.74 Å². The van der Waals surface area contributed by atoms with Gasteiger partial charge in [-0.05, 0) is 61.1 Å². The Hall–Kier alpha value is -3.05. The van der Waals surface area contributed by atoms with Crippen molar-refractivity contribution < 1.29 is 9.53 Å². The van der Waals surface area contributed by atoms with Crippen molar-refractivity contribution in [1.29, 1.82) is 0 Å². The molecule has 0 amide bonds. The zero-order valence-electron chi connectivity index (χ0n) is 17.1. The van der Waals surface area contributed by atoms with E-state index in [0.29, 0.717) is 22.7 Å². The average molecular weight is 417 g/mol. The number of rotatable bonds is 8. The first-order chi connectivity index (χ1) is 14.6. The number of methoxy groups -OCH3 is 1. The first kappa shape index (κ1) is 20.2. The Kier molecular flexibility index (Phi) is 5.64. The Morgan fingerprint density at radius 3 is 2.43 bits per heavy atom. The number of carbonyl (C=O) groups is 1. The summed E-state index contributed by atoms with van der Waals surface area (Å²) in [5.74, 6) is 1.13. The van der Waals surface area contributed by atoms with Gasteiger partial charge in [-0.3, -0.25) is 4.79 Å². The van der Waals surface area contributed by atoms with E-state index >= 15 is 0 Å². The average Bonchev–Trinajstić information content (AvgIpc) is 3.61. The van der Waals surface area contributed by atoms with Gasteiger partial charge in [-0.1, -0.05) is 30.8 Å².